The molecule has 12 heteroatoms. The molecule has 0 fully saturated rings. The van der Waals surface area contributed by atoms with Gasteiger partial charge in [-0.25, -0.2) is 4.98 Å². The van der Waals surface area contributed by atoms with Gasteiger partial charge in [0.1, 0.15) is 11.4 Å². The second kappa shape index (κ2) is 10.8. The molecule has 0 saturated carbocycles. The molecule has 0 aliphatic rings. The maximum atomic E-state index is 12.2. The van der Waals surface area contributed by atoms with Crippen LogP contribution in [0, 0.1) is 0 Å². The molecule has 12 nitrogen and oxygen atoms in total. The highest BCUT2D eigenvalue weighted by molar-refractivity contribution is 5.83. The van der Waals surface area contributed by atoms with Crippen LogP contribution < -0.4 is 16.2 Å². The van der Waals surface area contributed by atoms with E-state index in [1.165, 1.54) is 0 Å². The van der Waals surface area contributed by atoms with Crippen LogP contribution in [0.2, 0.25) is 0 Å². The zero-order chi connectivity index (χ0) is 27.5. The monoisotopic (exact) mass is 535 g/mol. The maximum Gasteiger partial charge on any atom is 0.271 e. The van der Waals surface area contributed by atoms with E-state index in [1.807, 2.05) is 43.3 Å². The molecule has 0 unspecified atom stereocenters. The van der Waals surface area contributed by atoms with Crippen LogP contribution in [0.25, 0.3) is 33.7 Å². The number of aliphatic hydroxyl groups is 1. The van der Waals surface area contributed by atoms with Crippen LogP contribution in [-0.4, -0.2) is 46.6 Å². The fraction of sp³-hybridized carbons (Fsp3) is 0.143. The number of aromatic amines is 1. The number of hydrogen-bond donors (Lipinski definition) is 4. The van der Waals surface area contributed by atoms with Crippen molar-refractivity contribution in [3.63, 3.8) is 0 Å². The van der Waals surface area contributed by atoms with Gasteiger partial charge in [0, 0.05) is 36.4 Å². The summed E-state index contributed by atoms with van der Waals surface area (Å²) in [5, 5.41) is 24.3. The molecule has 200 valence electrons. The number of rotatable bonds is 9. The lowest BCUT2D eigenvalue weighted by molar-refractivity contribution is 0.276. The Morgan fingerprint density at radius 3 is 2.67 bits per heavy atom. The number of fused-ring (bicyclic) bond motifs is 1. The van der Waals surface area contributed by atoms with Crippen LogP contribution in [0.15, 0.2) is 88.6 Å². The summed E-state index contributed by atoms with van der Waals surface area (Å²) in [6.45, 7) is 2.40. The fourth-order valence-electron chi connectivity index (χ4n) is 4.39. The molecule has 0 amide bonds. The predicted octanol–water partition coefficient (Wildman–Crippen LogP) is 4.14. The zero-order valence-corrected chi connectivity index (χ0v) is 21.4. The summed E-state index contributed by atoms with van der Waals surface area (Å²) in [4.78, 5) is 30.0. The SMILES string of the molecule is CCn1[nH]c(=O)c2ccc(Nc3ncc(-c4nc(-c5ccncc5)no4)c(N[C@H](CO)c4ccccc4)n3)cc21. The van der Waals surface area contributed by atoms with Crippen molar-refractivity contribution in [3.05, 3.63) is 95.2 Å². The van der Waals surface area contributed by atoms with Crippen molar-refractivity contribution >= 4 is 28.4 Å². The van der Waals surface area contributed by atoms with E-state index in [-0.39, 0.29) is 18.1 Å². The number of benzene rings is 2. The smallest absolute Gasteiger partial charge is 0.271 e. The first-order valence-electron chi connectivity index (χ1n) is 12.7. The first kappa shape index (κ1) is 24.9. The summed E-state index contributed by atoms with van der Waals surface area (Å²) < 4.78 is 7.36. The minimum Gasteiger partial charge on any atom is -0.394 e. The molecule has 0 aliphatic carbocycles. The Labute approximate surface area is 227 Å². The highest BCUT2D eigenvalue weighted by Gasteiger charge is 2.20. The molecule has 6 rings (SSSR count). The first-order chi connectivity index (χ1) is 19.6. The number of pyridine rings is 1. The van der Waals surface area contributed by atoms with Crippen molar-refractivity contribution < 1.29 is 9.63 Å². The number of H-pyrrole nitrogens is 1. The number of aliphatic hydroxyl groups excluding tert-OH is 1. The van der Waals surface area contributed by atoms with Crippen molar-refractivity contribution in [2.24, 2.45) is 0 Å². The standard InChI is InChI=1S/C28H25N9O3/c1-2-37-23-14-19(8-9-20(23)26(39)35-37)31-28-30-15-21(27-33-24(36-40-27)18-10-12-29-13-11-18)25(34-28)32-22(16-38)17-6-4-3-5-7-17/h3-15,22,38H,2,16H2,1H3,(H,35,39)(H2,30,31,32,34)/t22-/m1/s1. The average Bonchev–Trinajstić information content (AvgIpc) is 3.61. The van der Waals surface area contributed by atoms with Gasteiger partial charge < -0.3 is 20.3 Å². The van der Waals surface area contributed by atoms with Gasteiger partial charge in [0.25, 0.3) is 11.4 Å². The van der Waals surface area contributed by atoms with Gasteiger partial charge in [0.05, 0.1) is 23.6 Å². The summed E-state index contributed by atoms with van der Waals surface area (Å²) in [5.74, 6) is 1.30. The van der Waals surface area contributed by atoms with Gasteiger partial charge >= 0.3 is 0 Å². The van der Waals surface area contributed by atoms with Crippen LogP contribution in [0.4, 0.5) is 17.5 Å². The van der Waals surface area contributed by atoms with Crippen LogP contribution in [0.5, 0.6) is 0 Å². The summed E-state index contributed by atoms with van der Waals surface area (Å²) in [6.07, 6.45) is 4.88. The van der Waals surface area contributed by atoms with E-state index >= 15 is 0 Å². The molecule has 0 spiro atoms. The van der Waals surface area contributed by atoms with Crippen molar-refractivity contribution in [2.75, 3.05) is 17.2 Å². The highest BCUT2D eigenvalue weighted by Crippen LogP contribution is 2.31. The summed E-state index contributed by atoms with van der Waals surface area (Å²) >= 11 is 0. The van der Waals surface area contributed by atoms with Gasteiger partial charge in [-0.3, -0.25) is 19.6 Å². The average molecular weight is 536 g/mol. The van der Waals surface area contributed by atoms with Crippen LogP contribution in [-0.2, 0) is 6.54 Å². The molecular weight excluding hydrogens is 510 g/mol. The van der Waals surface area contributed by atoms with Crippen LogP contribution in [0.1, 0.15) is 18.5 Å². The Kier molecular flexibility index (Phi) is 6.73. The minimum atomic E-state index is -0.458. The van der Waals surface area contributed by atoms with E-state index in [1.54, 1.807) is 47.5 Å². The van der Waals surface area contributed by atoms with Crippen molar-refractivity contribution in [2.45, 2.75) is 19.5 Å². The Hall–Kier alpha value is -5.36. The number of nitrogens with zero attached hydrogens (tertiary/aromatic N) is 6. The van der Waals surface area contributed by atoms with Gasteiger partial charge in [-0.05, 0) is 42.8 Å². The molecule has 1 atom stereocenters. The van der Waals surface area contributed by atoms with Crippen molar-refractivity contribution in [3.8, 4) is 22.8 Å². The second-order valence-corrected chi connectivity index (χ2v) is 8.95. The topological polar surface area (TPSA) is 160 Å². The highest BCUT2D eigenvalue weighted by atomic mass is 16.5. The summed E-state index contributed by atoms with van der Waals surface area (Å²) in [5.41, 5.74) is 3.42. The molecule has 4 N–H and O–H groups in total. The van der Waals surface area contributed by atoms with Gasteiger partial charge in [0.15, 0.2) is 0 Å². The Morgan fingerprint density at radius 2 is 1.90 bits per heavy atom. The zero-order valence-electron chi connectivity index (χ0n) is 21.4. The number of aromatic nitrogens is 7. The van der Waals surface area contributed by atoms with Crippen LogP contribution in [0.3, 0.4) is 0 Å². The molecule has 2 aromatic carbocycles. The quantitative estimate of drug-likeness (QED) is 0.212. The van der Waals surface area contributed by atoms with Gasteiger partial charge in [-0.1, -0.05) is 35.5 Å². The molecule has 0 bridgehead atoms. The van der Waals surface area contributed by atoms with E-state index < -0.39 is 6.04 Å². The lowest BCUT2D eigenvalue weighted by atomic mass is 10.1. The Balaban J connectivity index is 1.38. The molecule has 6 aromatic rings. The van der Waals surface area contributed by atoms with Crippen molar-refractivity contribution in [1.29, 1.82) is 0 Å². The molecule has 0 radical (unpaired) electrons. The minimum absolute atomic E-state index is 0.142. The van der Waals surface area contributed by atoms with Gasteiger partial charge in [0.2, 0.25) is 11.8 Å². The lowest BCUT2D eigenvalue weighted by Crippen LogP contribution is -2.17. The van der Waals surface area contributed by atoms with Gasteiger partial charge in [-0.15, -0.1) is 0 Å². The van der Waals surface area contributed by atoms with E-state index in [2.05, 4.69) is 35.8 Å². The third kappa shape index (κ3) is 4.90. The fourth-order valence-corrected chi connectivity index (χ4v) is 4.39. The predicted molar refractivity (Wildman–Crippen MR) is 150 cm³/mol. The first-order valence-corrected chi connectivity index (χ1v) is 12.7. The van der Waals surface area contributed by atoms with E-state index in [0.717, 1.165) is 16.6 Å². The molecule has 4 aromatic heterocycles. The summed E-state index contributed by atoms with van der Waals surface area (Å²) in [6, 6.07) is 18.1. The Morgan fingerprint density at radius 1 is 1.07 bits per heavy atom. The third-order valence-corrected chi connectivity index (χ3v) is 6.42. The largest absolute Gasteiger partial charge is 0.394 e. The molecular formula is C28H25N9O3. The Bertz CT molecular complexity index is 1810. The maximum absolute atomic E-state index is 12.2. The molecule has 4 heterocycles. The van der Waals surface area contributed by atoms with E-state index in [4.69, 9.17) is 9.51 Å². The summed E-state index contributed by atoms with van der Waals surface area (Å²) in [7, 11) is 0. The lowest BCUT2D eigenvalue weighted by Gasteiger charge is -2.19. The van der Waals surface area contributed by atoms with Gasteiger partial charge in [-0.2, -0.15) is 9.97 Å². The molecule has 0 aliphatic heterocycles. The normalized spacial score (nSPS) is 11.9. The second-order valence-electron chi connectivity index (χ2n) is 8.95. The number of aryl methyl sites for hydroxylation is 1. The van der Waals surface area contributed by atoms with E-state index in [9.17, 15) is 9.90 Å². The molecule has 0 saturated heterocycles. The third-order valence-electron chi connectivity index (χ3n) is 6.42. The van der Waals surface area contributed by atoms with E-state index in [0.29, 0.717) is 40.8 Å². The number of hydrogen-bond acceptors (Lipinski definition) is 10. The van der Waals surface area contributed by atoms with Crippen molar-refractivity contribution in [1.82, 2.24) is 34.9 Å². The molecule has 40 heavy (non-hydrogen) atoms. The van der Waals surface area contributed by atoms with Crippen LogP contribution >= 0.6 is 0 Å². The number of nitrogens with one attached hydrogen (secondary N) is 3. The number of anilines is 3.